The normalized spacial score (nSPS) is 11.1. The van der Waals surface area contributed by atoms with E-state index in [0.717, 1.165) is 5.56 Å². The first-order chi connectivity index (χ1) is 13.0. The SMILES string of the molecule is Cc1ccc(NC(=O)/C(=C\c2ccc(F)cc2)NC(=O)c2ccco2)cc1. The zero-order valence-electron chi connectivity index (χ0n) is 14.5. The fourth-order valence-electron chi connectivity index (χ4n) is 2.31. The molecule has 0 radical (unpaired) electrons. The molecule has 27 heavy (non-hydrogen) atoms. The second kappa shape index (κ2) is 8.14. The first-order valence-electron chi connectivity index (χ1n) is 8.21. The summed E-state index contributed by atoms with van der Waals surface area (Å²) >= 11 is 0. The van der Waals surface area contributed by atoms with Crippen molar-refractivity contribution in [3.05, 3.63) is 95.3 Å². The van der Waals surface area contributed by atoms with Gasteiger partial charge in [0.05, 0.1) is 6.26 Å². The predicted octanol–water partition coefficient (Wildman–Crippen LogP) is 4.14. The van der Waals surface area contributed by atoms with Gasteiger partial charge >= 0.3 is 0 Å². The molecule has 1 aromatic heterocycles. The summed E-state index contributed by atoms with van der Waals surface area (Å²) in [5.41, 5.74) is 2.21. The topological polar surface area (TPSA) is 71.3 Å². The van der Waals surface area contributed by atoms with Crippen molar-refractivity contribution in [3.63, 3.8) is 0 Å². The number of benzene rings is 2. The summed E-state index contributed by atoms with van der Waals surface area (Å²) in [5.74, 6) is -1.39. The zero-order chi connectivity index (χ0) is 19.2. The second-order valence-electron chi connectivity index (χ2n) is 5.86. The molecule has 0 fully saturated rings. The van der Waals surface area contributed by atoms with Gasteiger partial charge in [-0.05, 0) is 55.0 Å². The highest BCUT2D eigenvalue weighted by atomic mass is 19.1. The summed E-state index contributed by atoms with van der Waals surface area (Å²) in [4.78, 5) is 25.0. The van der Waals surface area contributed by atoms with Crippen molar-refractivity contribution in [2.45, 2.75) is 6.92 Å². The Morgan fingerprint density at radius 3 is 2.33 bits per heavy atom. The Kier molecular flexibility index (Phi) is 5.47. The number of halogens is 1. The number of carbonyl (C=O) groups excluding carboxylic acids is 2. The standard InChI is InChI=1S/C21H17FN2O3/c1-14-4-10-17(11-5-14)23-20(25)18(13-15-6-8-16(22)9-7-15)24-21(26)19-3-2-12-27-19/h2-13H,1H3,(H,23,25)(H,24,26)/b18-13+. The Balaban J connectivity index is 1.85. The third kappa shape index (κ3) is 4.92. The molecule has 3 aromatic rings. The van der Waals surface area contributed by atoms with Gasteiger partial charge in [-0.2, -0.15) is 0 Å². The highest BCUT2D eigenvalue weighted by Gasteiger charge is 2.16. The van der Waals surface area contributed by atoms with Crippen LogP contribution in [0.3, 0.4) is 0 Å². The Morgan fingerprint density at radius 2 is 1.70 bits per heavy atom. The van der Waals surface area contributed by atoms with Crippen LogP contribution in [0.15, 0.2) is 77.0 Å². The lowest BCUT2D eigenvalue weighted by Crippen LogP contribution is -2.30. The van der Waals surface area contributed by atoms with Gasteiger partial charge in [0.25, 0.3) is 11.8 Å². The third-order valence-corrected chi connectivity index (χ3v) is 3.73. The zero-order valence-corrected chi connectivity index (χ0v) is 14.5. The maximum Gasteiger partial charge on any atom is 0.291 e. The first kappa shape index (κ1) is 18.1. The monoisotopic (exact) mass is 364 g/mol. The number of hydrogen-bond donors (Lipinski definition) is 2. The van der Waals surface area contributed by atoms with Crippen LogP contribution in [0.2, 0.25) is 0 Å². The lowest BCUT2D eigenvalue weighted by atomic mass is 10.1. The van der Waals surface area contributed by atoms with E-state index in [9.17, 15) is 14.0 Å². The van der Waals surface area contributed by atoms with Gasteiger partial charge in [0.1, 0.15) is 11.5 Å². The van der Waals surface area contributed by atoms with E-state index in [4.69, 9.17) is 4.42 Å². The molecule has 3 rings (SSSR count). The van der Waals surface area contributed by atoms with E-state index in [0.29, 0.717) is 11.3 Å². The summed E-state index contributed by atoms with van der Waals surface area (Å²) in [5, 5.41) is 5.26. The molecule has 2 N–H and O–H groups in total. The average molecular weight is 364 g/mol. The van der Waals surface area contributed by atoms with Crippen LogP contribution < -0.4 is 10.6 Å². The third-order valence-electron chi connectivity index (χ3n) is 3.73. The molecule has 0 saturated carbocycles. The minimum atomic E-state index is -0.563. The van der Waals surface area contributed by atoms with Crippen LogP contribution in [0.5, 0.6) is 0 Å². The van der Waals surface area contributed by atoms with Gasteiger partial charge in [-0.1, -0.05) is 29.8 Å². The summed E-state index contributed by atoms with van der Waals surface area (Å²) < 4.78 is 18.2. The van der Waals surface area contributed by atoms with Crippen molar-refractivity contribution in [3.8, 4) is 0 Å². The predicted molar refractivity (Wildman–Crippen MR) is 100 cm³/mol. The Bertz CT molecular complexity index is 960. The summed E-state index contributed by atoms with van der Waals surface area (Å²) in [6, 6.07) is 15.9. The lowest BCUT2D eigenvalue weighted by molar-refractivity contribution is -0.113. The van der Waals surface area contributed by atoms with Crippen molar-refractivity contribution >= 4 is 23.6 Å². The van der Waals surface area contributed by atoms with Gasteiger partial charge in [0.15, 0.2) is 5.76 Å². The van der Waals surface area contributed by atoms with Crippen molar-refractivity contribution in [2.24, 2.45) is 0 Å². The number of rotatable bonds is 5. The summed E-state index contributed by atoms with van der Waals surface area (Å²) in [6.45, 7) is 1.94. The lowest BCUT2D eigenvalue weighted by Gasteiger charge is -2.10. The molecule has 5 nitrogen and oxygen atoms in total. The average Bonchev–Trinajstić information content (AvgIpc) is 3.19. The fraction of sp³-hybridized carbons (Fsp3) is 0.0476. The molecule has 0 aliphatic carbocycles. The van der Waals surface area contributed by atoms with E-state index in [1.807, 2.05) is 19.1 Å². The number of carbonyl (C=O) groups is 2. The van der Waals surface area contributed by atoms with Crippen LogP contribution in [0.25, 0.3) is 6.08 Å². The summed E-state index contributed by atoms with van der Waals surface area (Å²) in [6.07, 6.45) is 2.83. The molecule has 6 heteroatoms. The highest BCUT2D eigenvalue weighted by Crippen LogP contribution is 2.13. The van der Waals surface area contributed by atoms with Crippen LogP contribution in [-0.4, -0.2) is 11.8 Å². The Labute approximate surface area is 155 Å². The van der Waals surface area contributed by atoms with Crippen molar-refractivity contribution in [1.82, 2.24) is 5.32 Å². The molecule has 0 bridgehead atoms. The molecule has 0 aliphatic rings. The number of hydrogen-bond acceptors (Lipinski definition) is 3. The van der Waals surface area contributed by atoms with Gasteiger partial charge in [0, 0.05) is 5.69 Å². The molecule has 0 unspecified atom stereocenters. The molecule has 136 valence electrons. The van der Waals surface area contributed by atoms with Gasteiger partial charge in [-0.15, -0.1) is 0 Å². The number of furan rings is 1. The molecule has 1 heterocycles. The van der Waals surface area contributed by atoms with E-state index in [1.165, 1.54) is 42.7 Å². The second-order valence-corrected chi connectivity index (χ2v) is 5.86. The van der Waals surface area contributed by atoms with Crippen molar-refractivity contribution in [1.29, 1.82) is 0 Å². The molecule has 0 saturated heterocycles. The smallest absolute Gasteiger partial charge is 0.291 e. The van der Waals surface area contributed by atoms with E-state index < -0.39 is 17.6 Å². The fourth-order valence-corrected chi connectivity index (χ4v) is 2.31. The molecule has 2 amide bonds. The molecule has 0 atom stereocenters. The quantitative estimate of drug-likeness (QED) is 0.669. The van der Waals surface area contributed by atoms with E-state index in [2.05, 4.69) is 10.6 Å². The molecular weight excluding hydrogens is 347 g/mol. The largest absolute Gasteiger partial charge is 0.459 e. The number of anilines is 1. The molecule has 0 spiro atoms. The van der Waals surface area contributed by atoms with E-state index >= 15 is 0 Å². The van der Waals surface area contributed by atoms with Crippen LogP contribution in [0.4, 0.5) is 10.1 Å². The van der Waals surface area contributed by atoms with Crippen molar-refractivity contribution in [2.75, 3.05) is 5.32 Å². The van der Waals surface area contributed by atoms with Crippen LogP contribution in [0, 0.1) is 12.7 Å². The van der Waals surface area contributed by atoms with E-state index in [-0.39, 0.29) is 11.5 Å². The van der Waals surface area contributed by atoms with Crippen LogP contribution >= 0.6 is 0 Å². The Morgan fingerprint density at radius 1 is 1.00 bits per heavy atom. The van der Waals surface area contributed by atoms with Gasteiger partial charge in [0.2, 0.25) is 0 Å². The minimum Gasteiger partial charge on any atom is -0.459 e. The molecule has 2 aromatic carbocycles. The van der Waals surface area contributed by atoms with Crippen LogP contribution in [-0.2, 0) is 4.79 Å². The number of nitrogens with one attached hydrogen (secondary N) is 2. The van der Waals surface area contributed by atoms with Crippen LogP contribution in [0.1, 0.15) is 21.7 Å². The highest BCUT2D eigenvalue weighted by molar-refractivity contribution is 6.10. The summed E-state index contributed by atoms with van der Waals surface area (Å²) in [7, 11) is 0. The number of aryl methyl sites for hydroxylation is 1. The number of amides is 2. The first-order valence-corrected chi connectivity index (χ1v) is 8.21. The van der Waals surface area contributed by atoms with Gasteiger partial charge in [-0.3, -0.25) is 9.59 Å². The maximum absolute atomic E-state index is 13.1. The van der Waals surface area contributed by atoms with Gasteiger partial charge in [-0.25, -0.2) is 4.39 Å². The van der Waals surface area contributed by atoms with E-state index in [1.54, 1.807) is 18.2 Å². The maximum atomic E-state index is 13.1. The molecule has 0 aliphatic heterocycles. The molecular formula is C21H17FN2O3. The van der Waals surface area contributed by atoms with Crippen molar-refractivity contribution < 1.29 is 18.4 Å². The Hall–Kier alpha value is -3.67. The minimum absolute atomic E-state index is 0.00332. The van der Waals surface area contributed by atoms with Gasteiger partial charge < -0.3 is 15.1 Å².